The van der Waals surface area contributed by atoms with E-state index in [0.717, 1.165) is 18.8 Å². The van der Waals surface area contributed by atoms with Crippen LogP contribution in [0.4, 0.5) is 0 Å². The van der Waals surface area contributed by atoms with E-state index in [1.807, 2.05) is 0 Å². The molecular formula is C18H22O. The van der Waals surface area contributed by atoms with Gasteiger partial charge < -0.3 is 0 Å². The minimum absolute atomic E-state index is 0.336. The molecule has 0 saturated heterocycles. The fourth-order valence-corrected chi connectivity index (χ4v) is 5.17. The molecule has 4 bridgehead atoms. The van der Waals surface area contributed by atoms with Gasteiger partial charge in [-0.2, -0.15) is 0 Å². The molecule has 0 amide bonds. The molecule has 4 aliphatic carbocycles. The summed E-state index contributed by atoms with van der Waals surface area (Å²) in [6.07, 6.45) is 5.95. The fourth-order valence-electron chi connectivity index (χ4n) is 5.17. The number of benzene rings is 1. The van der Waals surface area contributed by atoms with Gasteiger partial charge in [0.1, 0.15) is 5.78 Å². The van der Waals surface area contributed by atoms with Crippen molar-refractivity contribution in [3.8, 4) is 0 Å². The number of aryl methyl sites for hydroxylation is 2. The summed E-state index contributed by atoms with van der Waals surface area (Å²) in [5, 5.41) is 0. The van der Waals surface area contributed by atoms with Gasteiger partial charge in [-0.1, -0.05) is 18.2 Å². The van der Waals surface area contributed by atoms with E-state index in [0.29, 0.717) is 23.0 Å². The Kier molecular flexibility index (Phi) is 2.29. The van der Waals surface area contributed by atoms with E-state index in [2.05, 4.69) is 32.0 Å². The highest BCUT2D eigenvalue weighted by Gasteiger charge is 2.55. The van der Waals surface area contributed by atoms with Crippen molar-refractivity contribution in [1.82, 2.24) is 0 Å². The van der Waals surface area contributed by atoms with Crippen LogP contribution in [-0.4, -0.2) is 5.78 Å². The van der Waals surface area contributed by atoms with Gasteiger partial charge in [0.2, 0.25) is 0 Å². The third kappa shape index (κ3) is 1.57. The Labute approximate surface area is 115 Å². The maximum absolute atomic E-state index is 12.3. The molecule has 2 unspecified atom stereocenters. The lowest BCUT2D eigenvalue weighted by molar-refractivity contribution is -0.142. The second kappa shape index (κ2) is 3.71. The molecule has 1 aromatic rings. The third-order valence-electron chi connectivity index (χ3n) is 6.11. The average Bonchev–Trinajstić information content (AvgIpc) is 2.38. The smallest absolute Gasteiger partial charge is 0.139 e. The standard InChI is InChI=1S/C18H22O/c1-11-3-4-16(5-12(11)2)18-8-13-6-14(9-18)17(19)15(7-13)10-18/h3-5,13-15H,6-10H2,1-2H3/t13?,14-,15+,18?. The maximum Gasteiger partial charge on any atom is 0.139 e. The Bertz CT molecular complexity index is 539. The van der Waals surface area contributed by atoms with Crippen LogP contribution in [0.2, 0.25) is 0 Å². The van der Waals surface area contributed by atoms with Gasteiger partial charge in [0.25, 0.3) is 0 Å². The molecule has 0 radical (unpaired) electrons. The highest BCUT2D eigenvalue weighted by Crippen LogP contribution is 2.59. The molecule has 100 valence electrons. The van der Waals surface area contributed by atoms with Crippen LogP contribution in [0.15, 0.2) is 18.2 Å². The normalized spacial score (nSPS) is 39.9. The van der Waals surface area contributed by atoms with Crippen molar-refractivity contribution in [2.75, 3.05) is 0 Å². The molecule has 1 heteroatoms. The van der Waals surface area contributed by atoms with Crippen molar-refractivity contribution in [1.29, 1.82) is 0 Å². The monoisotopic (exact) mass is 254 g/mol. The largest absolute Gasteiger partial charge is 0.299 e. The molecule has 4 aliphatic rings. The van der Waals surface area contributed by atoms with E-state index in [-0.39, 0.29) is 0 Å². The lowest BCUT2D eigenvalue weighted by atomic mass is 9.47. The number of hydrogen-bond acceptors (Lipinski definition) is 1. The van der Waals surface area contributed by atoms with Crippen LogP contribution < -0.4 is 0 Å². The first kappa shape index (κ1) is 11.7. The fraction of sp³-hybridized carbons (Fsp3) is 0.611. The van der Waals surface area contributed by atoms with Gasteiger partial charge in [0.05, 0.1) is 0 Å². The maximum atomic E-state index is 12.3. The van der Waals surface area contributed by atoms with E-state index >= 15 is 0 Å². The van der Waals surface area contributed by atoms with E-state index in [1.165, 1.54) is 36.0 Å². The first-order chi connectivity index (χ1) is 9.07. The quantitative estimate of drug-likeness (QED) is 0.741. The van der Waals surface area contributed by atoms with Crippen LogP contribution in [0.1, 0.15) is 48.8 Å². The predicted molar refractivity (Wildman–Crippen MR) is 76.2 cm³/mol. The molecule has 0 N–H and O–H groups in total. The number of ketones is 1. The molecule has 19 heavy (non-hydrogen) atoms. The summed E-state index contributed by atoms with van der Waals surface area (Å²) < 4.78 is 0. The first-order valence-electron chi connectivity index (χ1n) is 7.69. The summed E-state index contributed by atoms with van der Waals surface area (Å²) in [5.74, 6) is 2.17. The van der Waals surface area contributed by atoms with E-state index < -0.39 is 0 Å². The molecule has 1 nitrogen and oxygen atoms in total. The van der Waals surface area contributed by atoms with Crippen molar-refractivity contribution in [2.45, 2.75) is 51.4 Å². The zero-order valence-corrected chi connectivity index (χ0v) is 11.9. The van der Waals surface area contributed by atoms with Crippen molar-refractivity contribution >= 4 is 5.78 Å². The highest BCUT2D eigenvalue weighted by molar-refractivity contribution is 5.86. The lowest BCUT2D eigenvalue weighted by Gasteiger charge is -2.56. The average molecular weight is 254 g/mol. The van der Waals surface area contributed by atoms with E-state index in [4.69, 9.17) is 0 Å². The number of carbonyl (C=O) groups is 1. The second-order valence-electron chi connectivity index (χ2n) is 7.33. The van der Waals surface area contributed by atoms with Gasteiger partial charge in [0, 0.05) is 11.8 Å². The van der Waals surface area contributed by atoms with E-state index in [9.17, 15) is 4.79 Å². The molecule has 0 aromatic heterocycles. The number of carbonyl (C=O) groups excluding carboxylic acids is 1. The van der Waals surface area contributed by atoms with Crippen LogP contribution in [0, 0.1) is 31.6 Å². The Morgan fingerprint density at radius 1 is 1.00 bits per heavy atom. The highest BCUT2D eigenvalue weighted by atomic mass is 16.1. The van der Waals surface area contributed by atoms with Gasteiger partial charge in [-0.25, -0.2) is 0 Å². The van der Waals surface area contributed by atoms with Crippen LogP contribution >= 0.6 is 0 Å². The van der Waals surface area contributed by atoms with Crippen LogP contribution in [0.25, 0.3) is 0 Å². The molecule has 0 heterocycles. The molecule has 0 spiro atoms. The van der Waals surface area contributed by atoms with Crippen LogP contribution in [0.3, 0.4) is 0 Å². The zero-order valence-electron chi connectivity index (χ0n) is 11.9. The predicted octanol–water partition coefficient (Wildman–Crippen LogP) is 3.95. The molecule has 4 saturated carbocycles. The minimum Gasteiger partial charge on any atom is -0.299 e. The third-order valence-corrected chi connectivity index (χ3v) is 6.11. The van der Waals surface area contributed by atoms with Crippen LogP contribution in [-0.2, 0) is 10.2 Å². The second-order valence-corrected chi connectivity index (χ2v) is 7.33. The molecule has 5 rings (SSSR count). The zero-order chi connectivity index (χ0) is 13.2. The molecule has 4 atom stereocenters. The molecule has 4 fully saturated rings. The Balaban J connectivity index is 1.78. The Morgan fingerprint density at radius 2 is 1.68 bits per heavy atom. The molecular weight excluding hydrogens is 232 g/mol. The summed E-state index contributed by atoms with van der Waals surface area (Å²) in [4.78, 5) is 12.3. The summed E-state index contributed by atoms with van der Waals surface area (Å²) >= 11 is 0. The number of hydrogen-bond donors (Lipinski definition) is 0. The molecule has 0 aliphatic heterocycles. The summed E-state index contributed by atoms with van der Waals surface area (Å²) in [6, 6.07) is 7.00. The number of Topliss-reactive ketones (excluding diaryl/α,β-unsaturated/α-hetero) is 1. The summed E-state index contributed by atoms with van der Waals surface area (Å²) in [5.41, 5.74) is 4.63. The minimum atomic E-state index is 0.336. The van der Waals surface area contributed by atoms with Crippen molar-refractivity contribution in [3.05, 3.63) is 34.9 Å². The van der Waals surface area contributed by atoms with E-state index in [1.54, 1.807) is 0 Å². The Morgan fingerprint density at radius 3 is 2.32 bits per heavy atom. The van der Waals surface area contributed by atoms with Gasteiger partial charge in [-0.3, -0.25) is 4.79 Å². The van der Waals surface area contributed by atoms with Crippen molar-refractivity contribution in [2.24, 2.45) is 17.8 Å². The van der Waals surface area contributed by atoms with Gasteiger partial charge in [-0.05, 0) is 74.0 Å². The topological polar surface area (TPSA) is 17.1 Å². The van der Waals surface area contributed by atoms with Gasteiger partial charge >= 0.3 is 0 Å². The van der Waals surface area contributed by atoms with Crippen LogP contribution in [0.5, 0.6) is 0 Å². The van der Waals surface area contributed by atoms with Gasteiger partial charge in [0.15, 0.2) is 0 Å². The van der Waals surface area contributed by atoms with Crippen molar-refractivity contribution in [3.63, 3.8) is 0 Å². The van der Waals surface area contributed by atoms with Crippen molar-refractivity contribution < 1.29 is 4.79 Å². The Hall–Kier alpha value is -1.11. The molecule has 1 aromatic carbocycles. The summed E-state index contributed by atoms with van der Waals surface area (Å²) in [6.45, 7) is 4.40. The van der Waals surface area contributed by atoms with Gasteiger partial charge in [-0.15, -0.1) is 0 Å². The number of rotatable bonds is 1. The first-order valence-corrected chi connectivity index (χ1v) is 7.69. The summed E-state index contributed by atoms with van der Waals surface area (Å²) in [7, 11) is 0. The lowest BCUT2D eigenvalue weighted by Crippen LogP contribution is -2.53. The SMILES string of the molecule is Cc1ccc(C23CC4C[C@H](C2)C(=O)[C@@H](C4)C3)cc1C.